The molecule has 38 heavy (non-hydrogen) atoms. The number of carbonyl (C=O) groups is 1. The number of hydrogen-bond acceptors (Lipinski definition) is 7. The van der Waals surface area contributed by atoms with Gasteiger partial charge < -0.3 is 20.7 Å². The van der Waals surface area contributed by atoms with Crippen LogP contribution < -0.4 is 20.7 Å². The molecule has 3 aromatic heterocycles. The summed E-state index contributed by atoms with van der Waals surface area (Å²) in [5, 5.41) is 17.1. The summed E-state index contributed by atoms with van der Waals surface area (Å²) in [5.74, 6) is -0.561. The number of ether oxygens (including phenoxy) is 1. The minimum absolute atomic E-state index is 0.106. The fourth-order valence-electron chi connectivity index (χ4n) is 3.67. The van der Waals surface area contributed by atoms with Crippen LogP contribution in [0, 0.1) is 0 Å². The summed E-state index contributed by atoms with van der Waals surface area (Å²) in [6, 6.07) is 9.77. The molecule has 200 valence electrons. The molecule has 1 aromatic carbocycles. The van der Waals surface area contributed by atoms with Crippen molar-refractivity contribution in [2.45, 2.75) is 25.7 Å². The lowest BCUT2D eigenvalue weighted by atomic mass is 10.1. The van der Waals surface area contributed by atoms with E-state index in [0.29, 0.717) is 43.8 Å². The lowest BCUT2D eigenvalue weighted by Crippen LogP contribution is -2.29. The summed E-state index contributed by atoms with van der Waals surface area (Å²) in [7, 11) is 0. The lowest BCUT2D eigenvalue weighted by molar-refractivity contribution is -0.274. The smallest absolute Gasteiger partial charge is 0.404 e. The number of aromatic amines is 1. The molecule has 0 aliphatic rings. The van der Waals surface area contributed by atoms with Gasteiger partial charge in [-0.3, -0.25) is 14.9 Å². The molecule has 0 fully saturated rings. The number of nitrogens with zero attached hydrogens (tertiary/aromatic N) is 3. The molecule has 3 heterocycles. The van der Waals surface area contributed by atoms with E-state index < -0.39 is 12.1 Å². The van der Waals surface area contributed by atoms with Crippen LogP contribution in [0.3, 0.4) is 0 Å². The highest BCUT2D eigenvalue weighted by Crippen LogP contribution is 2.31. The Balaban J connectivity index is 1.15. The van der Waals surface area contributed by atoms with Gasteiger partial charge in [0.15, 0.2) is 5.65 Å². The van der Waals surface area contributed by atoms with Gasteiger partial charge in [-0.2, -0.15) is 5.10 Å². The Bertz CT molecular complexity index is 1370. The van der Waals surface area contributed by atoms with E-state index in [1.54, 1.807) is 18.6 Å². The van der Waals surface area contributed by atoms with Crippen LogP contribution in [0.15, 0.2) is 55.0 Å². The number of pyridine rings is 2. The van der Waals surface area contributed by atoms with Gasteiger partial charge in [-0.05, 0) is 42.3 Å². The van der Waals surface area contributed by atoms with E-state index in [1.807, 2.05) is 18.2 Å². The van der Waals surface area contributed by atoms with Gasteiger partial charge in [0.2, 0.25) is 5.91 Å². The summed E-state index contributed by atoms with van der Waals surface area (Å²) < 4.78 is 40.8. The van der Waals surface area contributed by atoms with Crippen molar-refractivity contribution >= 4 is 34.2 Å². The van der Waals surface area contributed by atoms with Crippen molar-refractivity contribution in [3.63, 3.8) is 0 Å². The number of halogens is 4. The average molecular weight is 548 g/mol. The molecule has 4 N–H and O–H groups in total. The SMILES string of the molecule is O=C(CCNCc1ccc(OC(F)(F)F)c(Cl)c1)NCCCNc1cc(-c2ccncc2)nc2[nH]ncc12. The number of carbonyl (C=O) groups excluding carboxylic acids is 1. The molecule has 0 saturated carbocycles. The van der Waals surface area contributed by atoms with Crippen LogP contribution in [0.25, 0.3) is 22.3 Å². The zero-order valence-corrected chi connectivity index (χ0v) is 20.9. The Morgan fingerprint density at radius 1 is 1.08 bits per heavy atom. The zero-order valence-electron chi connectivity index (χ0n) is 20.1. The predicted octanol–water partition coefficient (Wildman–Crippen LogP) is 4.67. The van der Waals surface area contributed by atoms with Crippen molar-refractivity contribution < 1.29 is 22.7 Å². The van der Waals surface area contributed by atoms with E-state index in [2.05, 4.69) is 40.9 Å². The van der Waals surface area contributed by atoms with Crippen molar-refractivity contribution in [3.05, 3.63) is 65.6 Å². The molecule has 0 aliphatic carbocycles. The van der Waals surface area contributed by atoms with Crippen LogP contribution in [0.4, 0.5) is 18.9 Å². The Hall–Kier alpha value is -3.90. The maximum atomic E-state index is 12.3. The van der Waals surface area contributed by atoms with Crippen molar-refractivity contribution in [1.29, 1.82) is 0 Å². The van der Waals surface area contributed by atoms with Gasteiger partial charge in [-0.25, -0.2) is 4.98 Å². The van der Waals surface area contributed by atoms with E-state index >= 15 is 0 Å². The Morgan fingerprint density at radius 2 is 1.89 bits per heavy atom. The van der Waals surface area contributed by atoms with Crippen LogP contribution in [-0.2, 0) is 11.3 Å². The summed E-state index contributed by atoms with van der Waals surface area (Å²) in [4.78, 5) is 20.8. The number of fused-ring (bicyclic) bond motifs is 1. The zero-order chi connectivity index (χ0) is 27.0. The maximum Gasteiger partial charge on any atom is 0.573 e. The van der Waals surface area contributed by atoms with Gasteiger partial charge in [0.25, 0.3) is 0 Å². The van der Waals surface area contributed by atoms with E-state index in [1.165, 1.54) is 12.1 Å². The Kier molecular flexibility index (Phi) is 8.98. The molecule has 0 saturated heterocycles. The second kappa shape index (κ2) is 12.6. The molecule has 0 bridgehead atoms. The number of alkyl halides is 3. The number of benzene rings is 1. The maximum absolute atomic E-state index is 12.3. The van der Waals surface area contributed by atoms with Gasteiger partial charge in [-0.15, -0.1) is 13.2 Å². The molecule has 9 nitrogen and oxygen atoms in total. The van der Waals surface area contributed by atoms with Gasteiger partial charge in [-0.1, -0.05) is 17.7 Å². The Labute approximate surface area is 221 Å². The largest absolute Gasteiger partial charge is 0.573 e. The van der Waals surface area contributed by atoms with Gasteiger partial charge in [0.1, 0.15) is 5.75 Å². The van der Waals surface area contributed by atoms with Crippen molar-refractivity contribution in [3.8, 4) is 17.0 Å². The topological polar surface area (TPSA) is 117 Å². The predicted molar refractivity (Wildman–Crippen MR) is 138 cm³/mol. The minimum Gasteiger partial charge on any atom is -0.404 e. The quantitative estimate of drug-likeness (QED) is 0.190. The van der Waals surface area contributed by atoms with Crippen LogP contribution >= 0.6 is 11.6 Å². The third kappa shape index (κ3) is 7.80. The molecule has 4 rings (SSSR count). The monoisotopic (exact) mass is 547 g/mol. The highest BCUT2D eigenvalue weighted by atomic mass is 35.5. The van der Waals surface area contributed by atoms with Crippen LogP contribution in [0.5, 0.6) is 5.75 Å². The molecule has 1 amide bonds. The average Bonchev–Trinajstić information content (AvgIpc) is 3.37. The molecule has 0 unspecified atom stereocenters. The number of anilines is 1. The van der Waals surface area contributed by atoms with Crippen molar-refractivity contribution in [2.24, 2.45) is 0 Å². The molecule has 0 radical (unpaired) electrons. The van der Waals surface area contributed by atoms with E-state index in [0.717, 1.165) is 28.4 Å². The number of H-pyrrole nitrogens is 1. The number of nitrogens with one attached hydrogen (secondary N) is 4. The third-order valence-corrected chi connectivity index (χ3v) is 5.77. The molecule has 0 spiro atoms. The first-order valence-electron chi connectivity index (χ1n) is 11.8. The highest BCUT2D eigenvalue weighted by molar-refractivity contribution is 6.32. The molecule has 4 aromatic rings. The molecular formula is C25H25ClF3N7O2. The summed E-state index contributed by atoms with van der Waals surface area (Å²) in [6.45, 7) is 1.88. The Morgan fingerprint density at radius 3 is 2.66 bits per heavy atom. The molecule has 0 aliphatic heterocycles. The number of aromatic nitrogens is 4. The first-order valence-corrected chi connectivity index (χ1v) is 12.2. The number of rotatable bonds is 12. The number of amides is 1. The molecule has 13 heteroatoms. The fraction of sp³-hybridized carbons (Fsp3) is 0.280. The standard InChI is InChI=1S/C25H25ClF3N7O2/c26-19-12-16(2-3-22(19)38-25(27,28)29)14-31-11-6-23(37)33-8-1-7-32-21-13-20(17-4-9-30-10-5-17)35-24-18(21)15-34-36-24/h2-5,9-10,12-13,15,31H,1,6-8,11,14H2,(H,33,37)(H2,32,34,35,36). The fourth-order valence-corrected chi connectivity index (χ4v) is 3.91. The first-order chi connectivity index (χ1) is 18.3. The van der Waals surface area contributed by atoms with Crippen molar-refractivity contribution in [2.75, 3.05) is 25.0 Å². The second-order valence-electron chi connectivity index (χ2n) is 8.29. The lowest BCUT2D eigenvalue weighted by Gasteiger charge is -2.12. The third-order valence-electron chi connectivity index (χ3n) is 5.47. The molecule has 0 atom stereocenters. The van der Waals surface area contributed by atoms with E-state index in [9.17, 15) is 18.0 Å². The summed E-state index contributed by atoms with van der Waals surface area (Å²) >= 11 is 5.85. The van der Waals surface area contributed by atoms with Crippen molar-refractivity contribution in [1.82, 2.24) is 30.8 Å². The van der Waals surface area contributed by atoms with Gasteiger partial charge in [0, 0.05) is 56.2 Å². The molecular weight excluding hydrogens is 523 g/mol. The summed E-state index contributed by atoms with van der Waals surface area (Å²) in [6.07, 6.45) is 1.30. The van der Waals surface area contributed by atoms with Crippen LogP contribution in [0.2, 0.25) is 5.02 Å². The highest BCUT2D eigenvalue weighted by Gasteiger charge is 2.32. The number of hydrogen-bond donors (Lipinski definition) is 4. The van der Waals surface area contributed by atoms with E-state index in [-0.39, 0.29) is 17.4 Å². The summed E-state index contributed by atoms with van der Waals surface area (Å²) in [5.41, 5.74) is 3.97. The van der Waals surface area contributed by atoms with Crippen LogP contribution in [-0.4, -0.2) is 52.1 Å². The van der Waals surface area contributed by atoms with E-state index in [4.69, 9.17) is 11.6 Å². The normalized spacial score (nSPS) is 11.5. The first kappa shape index (κ1) is 27.1. The van der Waals surface area contributed by atoms with Gasteiger partial charge >= 0.3 is 6.36 Å². The minimum atomic E-state index is -4.80. The van der Waals surface area contributed by atoms with Crippen LogP contribution in [0.1, 0.15) is 18.4 Å². The van der Waals surface area contributed by atoms with Gasteiger partial charge in [0.05, 0.1) is 22.3 Å². The second-order valence-corrected chi connectivity index (χ2v) is 8.70.